The molecule has 0 aliphatic carbocycles. The standard InChI is InChI=1S/C25H24N2O3/c1-3-17-12-14-19(15-13-17)27-23(20-9-5-6-10-21(20)25(27)29)24(28)26-16-18-8-4-7-11-22(18)30-2/h4-15,23H,3,16H2,1-2H3,(H,26,28)/t23-/m0/s1. The lowest BCUT2D eigenvalue weighted by atomic mass is 10.0. The number of nitrogens with one attached hydrogen (secondary N) is 1. The van der Waals surface area contributed by atoms with Gasteiger partial charge in [0, 0.05) is 23.4 Å². The Bertz CT molecular complexity index is 1080. The van der Waals surface area contributed by atoms with Crippen LogP contribution in [0.3, 0.4) is 0 Å². The molecule has 5 heteroatoms. The van der Waals surface area contributed by atoms with E-state index < -0.39 is 6.04 Å². The lowest BCUT2D eigenvalue weighted by Gasteiger charge is -2.25. The first-order valence-corrected chi connectivity index (χ1v) is 10.0. The van der Waals surface area contributed by atoms with Crippen molar-refractivity contribution in [3.63, 3.8) is 0 Å². The molecule has 0 unspecified atom stereocenters. The quantitative estimate of drug-likeness (QED) is 0.672. The average Bonchev–Trinajstić information content (AvgIpc) is 3.10. The molecule has 1 aliphatic rings. The third-order valence-corrected chi connectivity index (χ3v) is 5.48. The molecule has 1 N–H and O–H groups in total. The number of hydrogen-bond donors (Lipinski definition) is 1. The third kappa shape index (κ3) is 3.54. The summed E-state index contributed by atoms with van der Waals surface area (Å²) < 4.78 is 5.37. The van der Waals surface area contributed by atoms with Crippen molar-refractivity contribution < 1.29 is 14.3 Å². The second-order valence-corrected chi connectivity index (χ2v) is 7.21. The van der Waals surface area contributed by atoms with Crippen LogP contribution < -0.4 is 15.0 Å². The molecule has 0 bridgehead atoms. The maximum absolute atomic E-state index is 13.3. The Morgan fingerprint density at radius 2 is 1.70 bits per heavy atom. The largest absolute Gasteiger partial charge is 0.496 e. The molecule has 1 aliphatic heterocycles. The van der Waals surface area contributed by atoms with Crippen LogP contribution in [-0.4, -0.2) is 18.9 Å². The van der Waals surface area contributed by atoms with E-state index in [1.807, 2.05) is 66.7 Å². The number of amides is 2. The van der Waals surface area contributed by atoms with Crippen molar-refractivity contribution in [1.29, 1.82) is 0 Å². The van der Waals surface area contributed by atoms with Gasteiger partial charge in [-0.3, -0.25) is 14.5 Å². The van der Waals surface area contributed by atoms with Gasteiger partial charge in [-0.05, 0) is 41.8 Å². The van der Waals surface area contributed by atoms with Crippen molar-refractivity contribution in [1.82, 2.24) is 5.32 Å². The second-order valence-electron chi connectivity index (χ2n) is 7.21. The normalized spacial score (nSPS) is 15.1. The molecular weight excluding hydrogens is 376 g/mol. The SMILES string of the molecule is CCc1ccc(N2C(=O)c3ccccc3[C@H]2C(=O)NCc2ccccc2OC)cc1. The van der Waals surface area contributed by atoms with Gasteiger partial charge in [-0.25, -0.2) is 0 Å². The number of hydrogen-bond acceptors (Lipinski definition) is 3. The zero-order chi connectivity index (χ0) is 21.1. The van der Waals surface area contributed by atoms with Gasteiger partial charge in [0.2, 0.25) is 5.91 Å². The molecule has 152 valence electrons. The lowest BCUT2D eigenvalue weighted by Crippen LogP contribution is -2.39. The molecule has 0 spiro atoms. The van der Waals surface area contributed by atoms with Gasteiger partial charge in [0.25, 0.3) is 5.91 Å². The number of fused-ring (bicyclic) bond motifs is 1. The number of carbonyl (C=O) groups excluding carboxylic acids is 2. The Kier molecular flexibility index (Phi) is 5.53. The van der Waals surface area contributed by atoms with Crippen LogP contribution in [0.5, 0.6) is 5.75 Å². The van der Waals surface area contributed by atoms with E-state index in [1.54, 1.807) is 18.1 Å². The number of rotatable bonds is 6. The molecule has 1 atom stereocenters. The number of aryl methyl sites for hydroxylation is 1. The first kappa shape index (κ1) is 19.7. The van der Waals surface area contributed by atoms with Gasteiger partial charge in [0.15, 0.2) is 0 Å². The van der Waals surface area contributed by atoms with Crippen molar-refractivity contribution >= 4 is 17.5 Å². The average molecular weight is 400 g/mol. The molecule has 5 nitrogen and oxygen atoms in total. The van der Waals surface area contributed by atoms with E-state index in [1.165, 1.54) is 5.56 Å². The van der Waals surface area contributed by atoms with Gasteiger partial charge >= 0.3 is 0 Å². The van der Waals surface area contributed by atoms with Gasteiger partial charge in [0.1, 0.15) is 11.8 Å². The molecule has 1 heterocycles. The summed E-state index contributed by atoms with van der Waals surface area (Å²) in [5.41, 5.74) is 4.06. The fraction of sp³-hybridized carbons (Fsp3) is 0.200. The smallest absolute Gasteiger partial charge is 0.259 e. The van der Waals surface area contributed by atoms with Crippen molar-refractivity contribution in [2.75, 3.05) is 12.0 Å². The van der Waals surface area contributed by atoms with E-state index in [2.05, 4.69) is 12.2 Å². The molecule has 0 aromatic heterocycles. The molecule has 3 aromatic rings. The third-order valence-electron chi connectivity index (χ3n) is 5.48. The predicted molar refractivity (Wildman–Crippen MR) is 117 cm³/mol. The van der Waals surface area contributed by atoms with Crippen molar-refractivity contribution in [3.8, 4) is 5.75 Å². The zero-order valence-corrected chi connectivity index (χ0v) is 17.1. The summed E-state index contributed by atoms with van der Waals surface area (Å²) in [7, 11) is 1.61. The minimum atomic E-state index is -0.712. The molecule has 0 fully saturated rings. The Balaban J connectivity index is 1.65. The minimum Gasteiger partial charge on any atom is -0.496 e. The molecule has 30 heavy (non-hydrogen) atoms. The van der Waals surface area contributed by atoms with E-state index >= 15 is 0 Å². The van der Waals surface area contributed by atoms with Gasteiger partial charge in [0.05, 0.1) is 7.11 Å². The predicted octanol–water partition coefficient (Wildman–Crippen LogP) is 4.28. The molecular formula is C25H24N2O3. The van der Waals surface area contributed by atoms with Crippen LogP contribution in [0.15, 0.2) is 72.8 Å². The number of carbonyl (C=O) groups is 2. The Labute approximate surface area is 176 Å². The van der Waals surface area contributed by atoms with Crippen LogP contribution in [0, 0.1) is 0 Å². The number of ether oxygens (including phenoxy) is 1. The van der Waals surface area contributed by atoms with E-state index in [9.17, 15) is 9.59 Å². The highest BCUT2D eigenvalue weighted by Crippen LogP contribution is 2.37. The number of methoxy groups -OCH3 is 1. The van der Waals surface area contributed by atoms with Crippen molar-refractivity contribution in [3.05, 3.63) is 95.1 Å². The van der Waals surface area contributed by atoms with Gasteiger partial charge in [-0.2, -0.15) is 0 Å². The topological polar surface area (TPSA) is 58.6 Å². The molecule has 0 saturated heterocycles. The number of nitrogens with zero attached hydrogens (tertiary/aromatic N) is 1. The monoisotopic (exact) mass is 400 g/mol. The first-order valence-electron chi connectivity index (χ1n) is 10.0. The van der Waals surface area contributed by atoms with Crippen LogP contribution in [0.4, 0.5) is 5.69 Å². The fourth-order valence-electron chi connectivity index (χ4n) is 3.86. The van der Waals surface area contributed by atoms with E-state index in [0.717, 1.165) is 17.5 Å². The summed E-state index contributed by atoms with van der Waals surface area (Å²) in [6, 6.07) is 22.0. The highest BCUT2D eigenvalue weighted by atomic mass is 16.5. The highest BCUT2D eigenvalue weighted by Gasteiger charge is 2.41. The van der Waals surface area contributed by atoms with Crippen LogP contribution in [0.1, 0.15) is 40.0 Å². The Hall–Kier alpha value is -3.60. The molecule has 0 saturated carbocycles. The summed E-state index contributed by atoms with van der Waals surface area (Å²) in [6.45, 7) is 2.40. The van der Waals surface area contributed by atoms with Crippen molar-refractivity contribution in [2.45, 2.75) is 25.9 Å². The minimum absolute atomic E-state index is 0.160. The van der Waals surface area contributed by atoms with Crippen LogP contribution >= 0.6 is 0 Å². The molecule has 4 rings (SSSR count). The Morgan fingerprint density at radius 3 is 2.43 bits per heavy atom. The maximum atomic E-state index is 13.3. The van der Waals surface area contributed by atoms with Gasteiger partial charge in [-0.15, -0.1) is 0 Å². The summed E-state index contributed by atoms with van der Waals surface area (Å²) in [5, 5.41) is 2.99. The molecule has 2 amide bonds. The number of benzene rings is 3. The summed E-state index contributed by atoms with van der Waals surface area (Å²) in [6.07, 6.45) is 0.914. The summed E-state index contributed by atoms with van der Waals surface area (Å²) in [4.78, 5) is 28.0. The second kappa shape index (κ2) is 8.41. The van der Waals surface area contributed by atoms with Crippen LogP contribution in [-0.2, 0) is 17.8 Å². The summed E-state index contributed by atoms with van der Waals surface area (Å²) >= 11 is 0. The number of para-hydroxylation sites is 1. The highest BCUT2D eigenvalue weighted by molar-refractivity contribution is 6.15. The van der Waals surface area contributed by atoms with E-state index in [-0.39, 0.29) is 11.8 Å². The van der Waals surface area contributed by atoms with Crippen molar-refractivity contribution in [2.24, 2.45) is 0 Å². The lowest BCUT2D eigenvalue weighted by molar-refractivity contribution is -0.122. The fourth-order valence-corrected chi connectivity index (χ4v) is 3.86. The van der Waals surface area contributed by atoms with Crippen LogP contribution in [0.2, 0.25) is 0 Å². The van der Waals surface area contributed by atoms with Gasteiger partial charge < -0.3 is 10.1 Å². The zero-order valence-electron chi connectivity index (χ0n) is 17.1. The van der Waals surface area contributed by atoms with Gasteiger partial charge in [-0.1, -0.05) is 55.5 Å². The molecule has 0 radical (unpaired) electrons. The van der Waals surface area contributed by atoms with Crippen LogP contribution in [0.25, 0.3) is 0 Å². The summed E-state index contributed by atoms with van der Waals surface area (Å²) in [5.74, 6) is 0.332. The first-order chi connectivity index (χ1) is 14.6. The molecule has 3 aromatic carbocycles. The Morgan fingerprint density at radius 1 is 1.00 bits per heavy atom. The maximum Gasteiger partial charge on any atom is 0.259 e. The van der Waals surface area contributed by atoms with E-state index in [0.29, 0.717) is 23.5 Å². The number of anilines is 1. The van der Waals surface area contributed by atoms with E-state index in [4.69, 9.17) is 4.74 Å².